The number of primary amides is 1. The molecule has 2 aliphatic rings. The summed E-state index contributed by atoms with van der Waals surface area (Å²) >= 11 is 1.82. The fourth-order valence-corrected chi connectivity index (χ4v) is 4.46. The highest BCUT2D eigenvalue weighted by atomic mass is 32.2. The van der Waals surface area contributed by atoms with Gasteiger partial charge < -0.3 is 10.6 Å². The molecule has 2 N–H and O–H groups in total. The van der Waals surface area contributed by atoms with Gasteiger partial charge in [0.05, 0.1) is 18.3 Å². The normalized spacial score (nSPS) is 25.0. The second-order valence-corrected chi connectivity index (χ2v) is 7.74. The van der Waals surface area contributed by atoms with Crippen molar-refractivity contribution in [3.8, 4) is 0 Å². The van der Waals surface area contributed by atoms with Crippen LogP contribution in [0, 0.1) is 0 Å². The fraction of sp³-hybridized carbons (Fsp3) is 0.529. The average molecular weight is 333 g/mol. The first-order chi connectivity index (χ1) is 11.1. The predicted octanol–water partition coefficient (Wildman–Crippen LogP) is 1.85. The molecule has 1 saturated heterocycles. The molecule has 2 amide bonds. The molecule has 0 bridgehead atoms. The number of amides is 2. The molecule has 0 saturated carbocycles. The first-order valence-electron chi connectivity index (χ1n) is 8.15. The van der Waals surface area contributed by atoms with Crippen molar-refractivity contribution in [3.63, 3.8) is 0 Å². The van der Waals surface area contributed by atoms with E-state index in [4.69, 9.17) is 5.73 Å². The van der Waals surface area contributed by atoms with Crippen LogP contribution in [-0.4, -0.2) is 47.6 Å². The molecule has 6 heteroatoms. The van der Waals surface area contributed by atoms with E-state index in [1.807, 2.05) is 39.8 Å². The Hall–Kier alpha value is -1.53. The van der Waals surface area contributed by atoms with Crippen LogP contribution < -0.4 is 10.6 Å². The fourth-order valence-electron chi connectivity index (χ4n) is 3.34. The van der Waals surface area contributed by atoms with Crippen LogP contribution in [-0.2, 0) is 9.59 Å². The molecule has 0 aromatic heterocycles. The van der Waals surface area contributed by atoms with Crippen LogP contribution in [0.2, 0.25) is 0 Å². The van der Waals surface area contributed by atoms with E-state index in [9.17, 15) is 9.59 Å². The average Bonchev–Trinajstić information content (AvgIpc) is 2.90. The monoisotopic (exact) mass is 333 g/mol. The Morgan fingerprint density at radius 2 is 2.04 bits per heavy atom. The summed E-state index contributed by atoms with van der Waals surface area (Å²) in [7, 11) is 0. The van der Waals surface area contributed by atoms with Gasteiger partial charge in [0.1, 0.15) is 0 Å². The molecular weight excluding hydrogens is 310 g/mol. The van der Waals surface area contributed by atoms with Gasteiger partial charge in [-0.3, -0.25) is 14.5 Å². The van der Waals surface area contributed by atoms with Gasteiger partial charge in [-0.1, -0.05) is 19.1 Å². The van der Waals surface area contributed by atoms with Crippen LogP contribution in [0.3, 0.4) is 0 Å². The number of para-hydroxylation sites is 1. The smallest absolute Gasteiger partial charge is 0.241 e. The number of rotatable bonds is 3. The number of nitrogens with two attached hydrogens (primary N) is 1. The largest absolute Gasteiger partial charge is 0.368 e. The molecule has 5 nitrogen and oxygen atoms in total. The first-order valence-corrected chi connectivity index (χ1v) is 9.03. The minimum Gasteiger partial charge on any atom is -0.368 e. The molecule has 2 atom stereocenters. The molecule has 3 rings (SSSR count). The van der Waals surface area contributed by atoms with E-state index in [1.165, 1.54) is 0 Å². The van der Waals surface area contributed by atoms with E-state index >= 15 is 0 Å². The number of hydrogen-bond donors (Lipinski definition) is 1. The van der Waals surface area contributed by atoms with Crippen LogP contribution in [0.5, 0.6) is 0 Å². The van der Waals surface area contributed by atoms with Gasteiger partial charge in [-0.15, -0.1) is 11.8 Å². The molecular formula is C17H23N3O2S. The van der Waals surface area contributed by atoms with Gasteiger partial charge in [-0.2, -0.15) is 0 Å². The first kappa shape index (κ1) is 16.3. The summed E-state index contributed by atoms with van der Waals surface area (Å²) in [5, 5.41) is 0.485. The number of carbonyl (C=O) groups excluding carboxylic acids is 2. The van der Waals surface area contributed by atoms with E-state index in [0.717, 1.165) is 42.9 Å². The van der Waals surface area contributed by atoms with E-state index < -0.39 is 0 Å². The van der Waals surface area contributed by atoms with Gasteiger partial charge in [0.25, 0.3) is 0 Å². The lowest BCUT2D eigenvalue weighted by atomic mass is 10.2. The third-order valence-corrected chi connectivity index (χ3v) is 5.81. The van der Waals surface area contributed by atoms with Crippen LogP contribution >= 0.6 is 11.8 Å². The molecule has 0 aliphatic carbocycles. The SMILES string of the molecule is C[C@@H]1CCN(C(=O)CN2CCC[C@@H]2C(N)=O)c2ccccc2S1. The van der Waals surface area contributed by atoms with E-state index in [1.54, 1.807) is 0 Å². The summed E-state index contributed by atoms with van der Waals surface area (Å²) in [6.45, 7) is 3.94. The highest BCUT2D eigenvalue weighted by Gasteiger charge is 2.32. The summed E-state index contributed by atoms with van der Waals surface area (Å²) in [5.74, 6) is -0.268. The highest BCUT2D eigenvalue weighted by Crippen LogP contribution is 2.37. The van der Waals surface area contributed by atoms with Gasteiger partial charge in [0.15, 0.2) is 0 Å². The Balaban J connectivity index is 1.78. The molecule has 23 heavy (non-hydrogen) atoms. The molecule has 1 fully saturated rings. The predicted molar refractivity (Wildman–Crippen MR) is 92.5 cm³/mol. The second kappa shape index (κ2) is 6.93. The third-order valence-electron chi connectivity index (χ3n) is 4.57. The Morgan fingerprint density at radius 3 is 2.83 bits per heavy atom. The second-order valence-electron chi connectivity index (χ2n) is 6.26. The topological polar surface area (TPSA) is 66.6 Å². The van der Waals surface area contributed by atoms with Crippen molar-refractivity contribution in [3.05, 3.63) is 24.3 Å². The maximum atomic E-state index is 12.9. The summed E-state index contributed by atoms with van der Waals surface area (Å²) in [6.07, 6.45) is 2.64. The zero-order valence-electron chi connectivity index (χ0n) is 13.4. The van der Waals surface area contributed by atoms with Crippen LogP contribution in [0.1, 0.15) is 26.2 Å². The number of nitrogens with zero attached hydrogens (tertiary/aromatic N) is 2. The Morgan fingerprint density at radius 1 is 1.26 bits per heavy atom. The molecule has 0 radical (unpaired) electrons. The molecule has 124 valence electrons. The molecule has 0 unspecified atom stereocenters. The van der Waals surface area contributed by atoms with Crippen molar-refractivity contribution in [1.82, 2.24) is 4.90 Å². The van der Waals surface area contributed by atoms with Crippen molar-refractivity contribution >= 4 is 29.3 Å². The maximum absolute atomic E-state index is 12.9. The number of likely N-dealkylation sites (tertiary alicyclic amines) is 1. The van der Waals surface area contributed by atoms with E-state index in [-0.39, 0.29) is 24.4 Å². The number of fused-ring (bicyclic) bond motifs is 1. The van der Waals surface area contributed by atoms with Gasteiger partial charge in [0.2, 0.25) is 11.8 Å². The van der Waals surface area contributed by atoms with E-state index in [0.29, 0.717) is 5.25 Å². The number of hydrogen-bond acceptors (Lipinski definition) is 4. The number of carbonyl (C=O) groups is 2. The Labute approximate surface area is 141 Å². The minimum atomic E-state index is -0.323. The number of thioether (sulfide) groups is 1. The standard InChI is InChI=1S/C17H23N3O2S/c1-12-8-10-20(13-5-2-3-7-15(13)23-12)16(21)11-19-9-4-6-14(19)17(18)22/h2-3,5,7,12,14H,4,6,8-11H2,1H3,(H2,18,22)/t12-,14-/m1/s1. The van der Waals surface area contributed by atoms with E-state index in [2.05, 4.69) is 13.0 Å². The van der Waals surface area contributed by atoms with Gasteiger partial charge in [-0.25, -0.2) is 0 Å². The summed E-state index contributed by atoms with van der Waals surface area (Å²) in [6, 6.07) is 7.76. The van der Waals surface area contributed by atoms with Crippen molar-refractivity contribution < 1.29 is 9.59 Å². The Bertz CT molecular complexity index is 607. The van der Waals surface area contributed by atoms with Crippen LogP contribution in [0.25, 0.3) is 0 Å². The van der Waals surface area contributed by atoms with Crippen LogP contribution in [0.15, 0.2) is 29.2 Å². The highest BCUT2D eigenvalue weighted by molar-refractivity contribution is 8.00. The molecule has 1 aromatic carbocycles. The maximum Gasteiger partial charge on any atom is 0.241 e. The zero-order valence-corrected chi connectivity index (χ0v) is 14.2. The van der Waals surface area contributed by atoms with Crippen molar-refractivity contribution in [2.75, 3.05) is 24.5 Å². The van der Waals surface area contributed by atoms with Gasteiger partial charge in [0, 0.05) is 16.7 Å². The molecule has 0 spiro atoms. The number of anilines is 1. The lowest BCUT2D eigenvalue weighted by Crippen LogP contribution is -2.46. The minimum absolute atomic E-state index is 0.0558. The van der Waals surface area contributed by atoms with Gasteiger partial charge in [-0.05, 0) is 37.9 Å². The summed E-state index contributed by atoms with van der Waals surface area (Å²) in [4.78, 5) is 29.3. The molecule has 2 heterocycles. The lowest BCUT2D eigenvalue weighted by Gasteiger charge is -2.27. The van der Waals surface area contributed by atoms with Crippen molar-refractivity contribution in [2.24, 2.45) is 5.73 Å². The Kier molecular flexibility index (Phi) is 4.92. The summed E-state index contributed by atoms with van der Waals surface area (Å²) < 4.78 is 0. The quantitative estimate of drug-likeness (QED) is 0.917. The van der Waals surface area contributed by atoms with Crippen molar-refractivity contribution in [1.29, 1.82) is 0 Å². The molecule has 2 aliphatic heterocycles. The van der Waals surface area contributed by atoms with Crippen LogP contribution in [0.4, 0.5) is 5.69 Å². The lowest BCUT2D eigenvalue weighted by molar-refractivity contribution is -0.124. The summed E-state index contributed by atoms with van der Waals surface area (Å²) in [5.41, 5.74) is 6.44. The van der Waals surface area contributed by atoms with Crippen molar-refractivity contribution in [2.45, 2.75) is 42.4 Å². The van der Waals surface area contributed by atoms with Gasteiger partial charge >= 0.3 is 0 Å². The molecule has 1 aromatic rings. The zero-order chi connectivity index (χ0) is 16.4. The third kappa shape index (κ3) is 3.53. The number of benzene rings is 1.